The van der Waals surface area contributed by atoms with Crippen LogP contribution in [0.1, 0.15) is 32.6 Å². The van der Waals surface area contributed by atoms with E-state index in [0.717, 1.165) is 18.2 Å². The Hall–Kier alpha value is -2.34. The van der Waals surface area contributed by atoms with Crippen LogP contribution in [0.15, 0.2) is 35.3 Å². The highest BCUT2D eigenvalue weighted by atomic mass is 16.5. The van der Waals surface area contributed by atoms with Crippen molar-refractivity contribution in [1.82, 2.24) is 9.88 Å². The number of hydrogen-bond acceptors (Lipinski definition) is 4. The van der Waals surface area contributed by atoms with Gasteiger partial charge in [-0.3, -0.25) is 9.59 Å². The van der Waals surface area contributed by atoms with Gasteiger partial charge in [-0.1, -0.05) is 18.9 Å². The topological polar surface area (TPSA) is 69.6 Å². The first-order chi connectivity index (χ1) is 12.7. The molecule has 0 unspecified atom stereocenters. The molecule has 0 spiro atoms. The minimum atomic E-state index is -0.112. The van der Waals surface area contributed by atoms with E-state index in [2.05, 4.69) is 5.32 Å². The molecule has 2 aromatic rings. The zero-order valence-electron chi connectivity index (χ0n) is 15.2. The molecule has 0 radical (unpaired) electrons. The number of aromatic nitrogens is 1. The number of carbonyl (C=O) groups is 1. The van der Waals surface area contributed by atoms with E-state index >= 15 is 0 Å². The monoisotopic (exact) mass is 358 g/mol. The minimum Gasteiger partial charge on any atom is -0.483 e. The minimum absolute atomic E-state index is 0.0387. The van der Waals surface area contributed by atoms with Crippen LogP contribution in [0.2, 0.25) is 0 Å². The average molecular weight is 358 g/mol. The van der Waals surface area contributed by atoms with Crippen LogP contribution in [0, 0.1) is 0 Å². The van der Waals surface area contributed by atoms with Crippen molar-refractivity contribution in [2.24, 2.45) is 0 Å². The van der Waals surface area contributed by atoms with E-state index in [1.165, 1.54) is 12.8 Å². The van der Waals surface area contributed by atoms with E-state index in [0.29, 0.717) is 30.9 Å². The summed E-state index contributed by atoms with van der Waals surface area (Å²) in [6.45, 7) is 3.53. The van der Waals surface area contributed by atoms with Gasteiger partial charge in [-0.2, -0.15) is 0 Å². The second-order valence-corrected chi connectivity index (χ2v) is 6.57. The SMILES string of the molecule is CCOCCn1ccc2c(OCC(=O)NC3CCCC3)cccc2c1=O. The van der Waals surface area contributed by atoms with E-state index in [-0.39, 0.29) is 24.1 Å². The Morgan fingerprint density at radius 1 is 1.23 bits per heavy atom. The summed E-state index contributed by atoms with van der Waals surface area (Å²) in [5, 5.41) is 4.31. The van der Waals surface area contributed by atoms with Gasteiger partial charge in [-0.05, 0) is 38.0 Å². The molecule has 140 valence electrons. The third-order valence-corrected chi connectivity index (χ3v) is 4.74. The summed E-state index contributed by atoms with van der Waals surface area (Å²) in [5.41, 5.74) is -0.0805. The lowest BCUT2D eigenvalue weighted by molar-refractivity contribution is -0.123. The summed E-state index contributed by atoms with van der Waals surface area (Å²) in [5.74, 6) is 0.442. The fraction of sp³-hybridized carbons (Fsp3) is 0.500. The molecular formula is C20H26N2O4. The van der Waals surface area contributed by atoms with Crippen molar-refractivity contribution >= 4 is 16.7 Å². The van der Waals surface area contributed by atoms with Crippen molar-refractivity contribution in [1.29, 1.82) is 0 Å². The highest BCUT2D eigenvalue weighted by Crippen LogP contribution is 2.23. The van der Waals surface area contributed by atoms with Crippen LogP contribution in [0.5, 0.6) is 5.75 Å². The van der Waals surface area contributed by atoms with E-state index in [1.54, 1.807) is 29.0 Å². The molecular weight excluding hydrogens is 332 g/mol. The molecule has 1 aromatic heterocycles. The van der Waals surface area contributed by atoms with Crippen molar-refractivity contribution in [3.05, 3.63) is 40.8 Å². The number of amides is 1. The molecule has 1 N–H and O–H groups in total. The zero-order valence-corrected chi connectivity index (χ0v) is 15.2. The number of rotatable bonds is 8. The van der Waals surface area contributed by atoms with Crippen LogP contribution in [0.25, 0.3) is 10.8 Å². The Morgan fingerprint density at radius 3 is 2.81 bits per heavy atom. The van der Waals surface area contributed by atoms with Crippen LogP contribution in [-0.2, 0) is 16.1 Å². The second-order valence-electron chi connectivity index (χ2n) is 6.57. The van der Waals surface area contributed by atoms with Gasteiger partial charge in [0.2, 0.25) is 0 Å². The molecule has 3 rings (SSSR count). The second kappa shape index (κ2) is 8.85. The number of pyridine rings is 1. The molecule has 6 nitrogen and oxygen atoms in total. The number of hydrogen-bond donors (Lipinski definition) is 1. The first-order valence-corrected chi connectivity index (χ1v) is 9.31. The molecule has 0 bridgehead atoms. The third-order valence-electron chi connectivity index (χ3n) is 4.74. The van der Waals surface area contributed by atoms with Gasteiger partial charge in [-0.25, -0.2) is 0 Å². The van der Waals surface area contributed by atoms with Gasteiger partial charge in [0.05, 0.1) is 12.0 Å². The Balaban J connectivity index is 1.69. The number of fused-ring (bicyclic) bond motifs is 1. The quantitative estimate of drug-likeness (QED) is 0.736. The lowest BCUT2D eigenvalue weighted by Crippen LogP contribution is -2.36. The lowest BCUT2D eigenvalue weighted by Gasteiger charge is -2.14. The highest BCUT2D eigenvalue weighted by molar-refractivity contribution is 5.88. The standard InChI is InChI=1S/C20H26N2O4/c1-2-25-13-12-22-11-10-16-17(20(22)24)8-5-9-18(16)26-14-19(23)21-15-6-3-4-7-15/h5,8-11,15H,2-4,6-7,12-14H2,1H3,(H,21,23). The molecule has 1 fully saturated rings. The maximum atomic E-state index is 12.6. The average Bonchev–Trinajstić information content (AvgIpc) is 3.15. The van der Waals surface area contributed by atoms with E-state index < -0.39 is 0 Å². The van der Waals surface area contributed by atoms with E-state index in [1.807, 2.05) is 13.0 Å². The number of carbonyl (C=O) groups excluding carboxylic acids is 1. The van der Waals surface area contributed by atoms with Crippen molar-refractivity contribution in [3.8, 4) is 5.75 Å². The van der Waals surface area contributed by atoms with E-state index in [9.17, 15) is 9.59 Å². The van der Waals surface area contributed by atoms with Gasteiger partial charge in [-0.15, -0.1) is 0 Å². The Kier molecular flexibility index (Phi) is 6.28. The molecule has 0 saturated heterocycles. The molecule has 26 heavy (non-hydrogen) atoms. The van der Waals surface area contributed by atoms with E-state index in [4.69, 9.17) is 9.47 Å². The summed E-state index contributed by atoms with van der Waals surface area (Å²) in [4.78, 5) is 24.7. The van der Waals surface area contributed by atoms with Gasteiger partial charge in [0.1, 0.15) is 5.75 Å². The lowest BCUT2D eigenvalue weighted by atomic mass is 10.1. The molecule has 1 saturated carbocycles. The zero-order chi connectivity index (χ0) is 18.4. The number of benzene rings is 1. The summed E-state index contributed by atoms with van der Waals surface area (Å²) in [6.07, 6.45) is 6.17. The third kappa shape index (κ3) is 4.43. The van der Waals surface area contributed by atoms with Gasteiger partial charge >= 0.3 is 0 Å². The van der Waals surface area contributed by atoms with Crippen LogP contribution >= 0.6 is 0 Å². The largest absolute Gasteiger partial charge is 0.483 e. The van der Waals surface area contributed by atoms with Crippen LogP contribution in [-0.4, -0.2) is 36.3 Å². The van der Waals surface area contributed by atoms with Crippen LogP contribution in [0.3, 0.4) is 0 Å². The fourth-order valence-electron chi connectivity index (χ4n) is 3.38. The van der Waals surface area contributed by atoms with Crippen molar-refractivity contribution in [2.75, 3.05) is 19.8 Å². The first-order valence-electron chi connectivity index (χ1n) is 9.31. The van der Waals surface area contributed by atoms with Crippen LogP contribution in [0.4, 0.5) is 0 Å². The number of nitrogens with one attached hydrogen (secondary N) is 1. The Bertz CT molecular complexity index is 809. The maximum Gasteiger partial charge on any atom is 0.258 e. The van der Waals surface area contributed by atoms with Gasteiger partial charge in [0.25, 0.3) is 11.5 Å². The van der Waals surface area contributed by atoms with Crippen LogP contribution < -0.4 is 15.6 Å². The molecule has 1 aliphatic carbocycles. The smallest absolute Gasteiger partial charge is 0.258 e. The molecule has 0 aliphatic heterocycles. The molecule has 1 aliphatic rings. The highest BCUT2D eigenvalue weighted by Gasteiger charge is 2.17. The normalized spacial score (nSPS) is 14.7. The predicted octanol–water partition coefficient (Wildman–Crippen LogP) is 2.48. The van der Waals surface area contributed by atoms with Gasteiger partial charge < -0.3 is 19.4 Å². The molecule has 6 heteroatoms. The van der Waals surface area contributed by atoms with Gasteiger partial charge in [0, 0.05) is 30.8 Å². The molecule has 1 heterocycles. The Labute approximate surface area is 153 Å². The summed E-state index contributed by atoms with van der Waals surface area (Å²) < 4.78 is 12.7. The van der Waals surface area contributed by atoms with Gasteiger partial charge in [0.15, 0.2) is 6.61 Å². The maximum absolute atomic E-state index is 12.6. The van der Waals surface area contributed by atoms with Crippen molar-refractivity contribution < 1.29 is 14.3 Å². The summed E-state index contributed by atoms with van der Waals surface area (Å²) >= 11 is 0. The number of ether oxygens (including phenoxy) is 2. The Morgan fingerprint density at radius 2 is 2.04 bits per heavy atom. The number of nitrogens with zero attached hydrogens (tertiary/aromatic N) is 1. The summed E-state index contributed by atoms with van der Waals surface area (Å²) in [6, 6.07) is 7.47. The van der Waals surface area contributed by atoms with Crippen molar-refractivity contribution in [3.63, 3.8) is 0 Å². The molecule has 1 amide bonds. The first kappa shape index (κ1) is 18.5. The summed E-state index contributed by atoms with van der Waals surface area (Å²) in [7, 11) is 0. The fourth-order valence-corrected chi connectivity index (χ4v) is 3.38. The van der Waals surface area contributed by atoms with Crippen molar-refractivity contribution in [2.45, 2.75) is 45.2 Å². The predicted molar refractivity (Wildman–Crippen MR) is 101 cm³/mol. The molecule has 1 aromatic carbocycles. The molecule has 0 atom stereocenters.